The summed E-state index contributed by atoms with van der Waals surface area (Å²) in [6.07, 6.45) is 2.09. The molecule has 29 heteroatoms. The molecule has 1 saturated carbocycles. The molecule has 2 aliphatic rings. The number of phosphoric acid groups is 3. The average Bonchev–Trinajstić information content (AvgIpc) is 3.89. The summed E-state index contributed by atoms with van der Waals surface area (Å²) >= 11 is 1.09. The molecule has 4 rings (SSSR count). The van der Waals surface area contributed by atoms with Gasteiger partial charge in [0.05, 0.1) is 19.5 Å². The summed E-state index contributed by atoms with van der Waals surface area (Å²) in [6.45, 7) is 2.49. The van der Waals surface area contributed by atoms with E-state index in [0.29, 0.717) is 30.8 Å². The molecule has 2 aromatic heterocycles. The fourth-order valence-corrected chi connectivity index (χ4v) is 10.5. The predicted octanol–water partition coefficient (Wildman–Crippen LogP) is 1.79. The van der Waals surface area contributed by atoms with Crippen LogP contribution in [0.25, 0.3) is 11.2 Å². The molecule has 64 heavy (non-hydrogen) atoms. The van der Waals surface area contributed by atoms with Crippen LogP contribution in [-0.4, -0.2) is 128 Å². The highest BCUT2D eigenvalue weighted by molar-refractivity contribution is 8.13. The van der Waals surface area contributed by atoms with E-state index in [1.165, 1.54) is 13.8 Å². The normalized spacial score (nSPS) is 24.2. The Kier molecular flexibility index (Phi) is 19.8. The van der Waals surface area contributed by atoms with Crippen molar-refractivity contribution in [1.82, 2.24) is 30.2 Å². The second-order valence-electron chi connectivity index (χ2n) is 15.7. The van der Waals surface area contributed by atoms with E-state index in [9.17, 15) is 62.7 Å². The van der Waals surface area contributed by atoms with Crippen LogP contribution < -0.4 is 16.4 Å². The van der Waals surface area contributed by atoms with Crippen molar-refractivity contribution in [3.8, 4) is 0 Å². The Morgan fingerprint density at radius 1 is 1.06 bits per heavy atom. The van der Waals surface area contributed by atoms with E-state index >= 15 is 0 Å². The number of hydrogen-bond donors (Lipinski definition) is 9. The third-order valence-electron chi connectivity index (χ3n) is 10.3. The summed E-state index contributed by atoms with van der Waals surface area (Å²) in [6, 6.07) is 0. The van der Waals surface area contributed by atoms with Crippen LogP contribution >= 0.6 is 35.2 Å². The highest BCUT2D eigenvalue weighted by Crippen LogP contribution is 2.61. The van der Waals surface area contributed by atoms with Gasteiger partial charge in [-0.1, -0.05) is 44.7 Å². The lowest BCUT2D eigenvalue weighted by Gasteiger charge is -2.30. The maximum Gasteiger partial charge on any atom is 0.481 e. The monoisotopic (exact) mass is 987 g/mol. The number of hydrogen-bond acceptors (Lipinski definition) is 19. The number of aliphatic hydroxyl groups is 2. The molecule has 0 spiro atoms. The number of anilines is 1. The molecule has 3 heterocycles. The van der Waals surface area contributed by atoms with Crippen LogP contribution in [0, 0.1) is 17.3 Å². The molecule has 0 radical (unpaired) electrons. The third kappa shape index (κ3) is 16.1. The van der Waals surface area contributed by atoms with Crippen molar-refractivity contribution in [1.29, 1.82) is 0 Å². The van der Waals surface area contributed by atoms with E-state index < -0.39 is 84.6 Å². The summed E-state index contributed by atoms with van der Waals surface area (Å²) in [4.78, 5) is 101. The van der Waals surface area contributed by atoms with Gasteiger partial charge in [0, 0.05) is 49.4 Å². The number of aliphatic hydroxyl groups excluding tert-OH is 2. The van der Waals surface area contributed by atoms with Gasteiger partial charge < -0.3 is 50.9 Å². The fraction of sp³-hybridized carbons (Fsp3) is 0.686. The minimum atomic E-state index is -5.58. The van der Waals surface area contributed by atoms with Crippen LogP contribution in [-0.2, 0) is 55.5 Å². The molecule has 10 N–H and O–H groups in total. The van der Waals surface area contributed by atoms with Crippen LogP contribution in [0.3, 0.4) is 0 Å². The molecule has 1 saturated heterocycles. The van der Waals surface area contributed by atoms with Gasteiger partial charge in [0.15, 0.2) is 22.8 Å². The standard InChI is InChI=1S/C35H56N7O18P3S/c1-4-5-6-9-22-21(11-12-23(22)43)8-7-10-26(45)64-16-15-37-25(44)13-14-38-33(48)30(47)35(2,3)18-57-63(54,55)60-62(52,53)56-17-24-29(59-61(49,50)51)28(46)34(58-24)42-20-41-27-31(36)39-19-40-32(27)42/h5-6,19-22,24,28-30,34,46-47H,4,7-18H2,1-3H3,(H,37,44)(H,38,48)(H,52,53)(H,54,55)(H2,36,39,40)(H2,49,50,51)/b6-5-/t21-,22-,24+,28+,29+,30?,34+/m0/s1. The number of ketones is 1. The van der Waals surface area contributed by atoms with Gasteiger partial charge in [-0.15, -0.1) is 0 Å². The molecule has 0 bridgehead atoms. The van der Waals surface area contributed by atoms with Gasteiger partial charge in [-0.25, -0.2) is 28.6 Å². The number of allylic oxidation sites excluding steroid dienone is 2. The Balaban J connectivity index is 1.15. The molecular weight excluding hydrogens is 931 g/mol. The van der Waals surface area contributed by atoms with Crippen LogP contribution in [0.4, 0.5) is 5.82 Å². The van der Waals surface area contributed by atoms with Gasteiger partial charge in [-0.05, 0) is 38.0 Å². The molecule has 3 unspecified atom stereocenters. The first-order chi connectivity index (χ1) is 29.9. The maximum absolute atomic E-state index is 12.7. The summed E-state index contributed by atoms with van der Waals surface area (Å²) < 4.78 is 62.3. The van der Waals surface area contributed by atoms with Gasteiger partial charge >= 0.3 is 23.5 Å². The Bertz CT molecular complexity index is 2120. The number of ether oxygens (including phenoxy) is 1. The van der Waals surface area contributed by atoms with Crippen LogP contribution in [0.5, 0.6) is 0 Å². The number of carbonyl (C=O) groups is 4. The van der Waals surface area contributed by atoms with Gasteiger partial charge in [0.1, 0.15) is 42.0 Å². The maximum atomic E-state index is 12.7. The second-order valence-corrected chi connectivity index (χ2v) is 21.1. The van der Waals surface area contributed by atoms with E-state index in [1.54, 1.807) is 0 Å². The highest BCUT2D eigenvalue weighted by atomic mass is 32.2. The van der Waals surface area contributed by atoms with Gasteiger partial charge in [0.2, 0.25) is 11.8 Å². The molecule has 2 aromatic rings. The van der Waals surface area contributed by atoms with E-state index in [0.717, 1.165) is 54.7 Å². The van der Waals surface area contributed by atoms with Crippen molar-refractivity contribution in [2.45, 2.75) is 103 Å². The Labute approximate surface area is 372 Å². The lowest BCUT2D eigenvalue weighted by Crippen LogP contribution is -2.46. The lowest BCUT2D eigenvalue weighted by molar-refractivity contribution is -0.137. The highest BCUT2D eigenvalue weighted by Gasteiger charge is 2.50. The smallest absolute Gasteiger partial charge is 0.386 e. The summed E-state index contributed by atoms with van der Waals surface area (Å²) in [7, 11) is -16.4. The van der Waals surface area contributed by atoms with Crippen LogP contribution in [0.15, 0.2) is 24.8 Å². The molecule has 2 fully saturated rings. The molecule has 2 amide bonds. The van der Waals surface area contributed by atoms with Crippen molar-refractivity contribution in [3.05, 3.63) is 24.8 Å². The first-order valence-corrected chi connectivity index (χ1v) is 25.7. The fourth-order valence-electron chi connectivity index (χ4n) is 6.93. The summed E-state index contributed by atoms with van der Waals surface area (Å²) in [5.41, 5.74) is 4.25. The Morgan fingerprint density at radius 2 is 1.78 bits per heavy atom. The molecule has 0 aromatic carbocycles. The molecule has 1 aliphatic heterocycles. The number of Topliss-reactive ketones (excluding diaryl/α,β-unsaturated/α-hetero) is 1. The number of phosphoric ester groups is 3. The zero-order chi connectivity index (χ0) is 47.5. The first kappa shape index (κ1) is 53.6. The van der Waals surface area contributed by atoms with Crippen molar-refractivity contribution in [2.24, 2.45) is 17.3 Å². The quantitative estimate of drug-likeness (QED) is 0.0368. The van der Waals surface area contributed by atoms with Crippen molar-refractivity contribution < 1.29 is 85.3 Å². The number of amides is 2. The van der Waals surface area contributed by atoms with E-state index in [4.69, 9.17) is 19.5 Å². The number of fused-ring (bicyclic) bond motifs is 1. The molecule has 360 valence electrons. The van der Waals surface area contributed by atoms with Gasteiger partial charge in [-0.3, -0.25) is 37.3 Å². The number of nitrogens with zero attached hydrogens (tertiary/aromatic N) is 4. The van der Waals surface area contributed by atoms with E-state index in [2.05, 4.69) is 46.6 Å². The number of nitrogens with one attached hydrogen (secondary N) is 2. The zero-order valence-corrected chi connectivity index (χ0v) is 38.7. The van der Waals surface area contributed by atoms with Gasteiger partial charge in [-0.2, -0.15) is 4.31 Å². The number of aromatic nitrogens is 4. The van der Waals surface area contributed by atoms with Gasteiger partial charge in [0.25, 0.3) is 0 Å². The largest absolute Gasteiger partial charge is 0.481 e. The number of rotatable bonds is 26. The number of imidazole rings is 1. The number of carbonyl (C=O) groups excluding carboxylic acids is 4. The lowest BCUT2D eigenvalue weighted by atomic mass is 9.87. The van der Waals surface area contributed by atoms with Crippen LogP contribution in [0.2, 0.25) is 0 Å². The number of thioether (sulfide) groups is 1. The minimum Gasteiger partial charge on any atom is -0.386 e. The molecule has 9 atom stereocenters. The SMILES string of the molecule is CC/C=C\C[C@@H]1C(=O)CC[C@@H]1CCCC(=O)SCCNC(=O)CCNC(=O)C(O)C(C)(C)COP(=O)(O)OP(=O)(O)OC[C@H]1O[C@@H](n2cnc3c(N)ncnc32)[C@H](O)[C@@H]1OP(=O)(O)O. The summed E-state index contributed by atoms with van der Waals surface area (Å²) in [5, 5.41) is 26.5. The zero-order valence-electron chi connectivity index (χ0n) is 35.2. The van der Waals surface area contributed by atoms with E-state index in [-0.39, 0.29) is 53.4 Å². The molecule has 1 aliphatic carbocycles. The average molecular weight is 988 g/mol. The predicted molar refractivity (Wildman–Crippen MR) is 226 cm³/mol. The minimum absolute atomic E-state index is 0.0158. The Hall–Kier alpha value is -3.03. The first-order valence-electron chi connectivity index (χ1n) is 20.2. The molecular formula is C35H56N7O18P3S. The number of nitrogens with two attached hydrogens (primary N) is 1. The third-order valence-corrected chi connectivity index (χ3v) is 14.3. The van der Waals surface area contributed by atoms with Crippen LogP contribution in [0.1, 0.15) is 78.4 Å². The van der Waals surface area contributed by atoms with Crippen molar-refractivity contribution >= 4 is 74.9 Å². The van der Waals surface area contributed by atoms with E-state index in [1.807, 2.05) is 6.92 Å². The topological polar surface area (TPSA) is 381 Å². The number of nitrogen functional groups attached to an aromatic ring is 1. The van der Waals surface area contributed by atoms with Crippen molar-refractivity contribution in [3.63, 3.8) is 0 Å². The summed E-state index contributed by atoms with van der Waals surface area (Å²) in [5.74, 6) is -0.541. The van der Waals surface area contributed by atoms with Crippen molar-refractivity contribution in [2.75, 3.05) is 37.8 Å². The second kappa shape index (κ2) is 23.6. The Morgan fingerprint density at radius 3 is 2.48 bits per heavy atom. The molecule has 25 nitrogen and oxygen atoms in total.